The van der Waals surface area contributed by atoms with Gasteiger partial charge in [0.15, 0.2) is 0 Å². The highest BCUT2D eigenvalue weighted by Crippen LogP contribution is 2.39. The summed E-state index contributed by atoms with van der Waals surface area (Å²) in [4.78, 5) is 2.62. The molecule has 0 saturated carbocycles. The maximum Gasteiger partial charge on any atom is 0.0394 e. The highest BCUT2D eigenvalue weighted by molar-refractivity contribution is 5.31. The van der Waals surface area contributed by atoms with E-state index in [4.69, 9.17) is 5.73 Å². The molecule has 2 atom stereocenters. The summed E-state index contributed by atoms with van der Waals surface area (Å²) >= 11 is 0. The molecule has 1 fully saturated rings. The van der Waals surface area contributed by atoms with Crippen molar-refractivity contribution >= 4 is 0 Å². The molecular formula is C16H26N2. The van der Waals surface area contributed by atoms with Crippen molar-refractivity contribution < 1.29 is 0 Å². The van der Waals surface area contributed by atoms with E-state index in [0.717, 1.165) is 13.0 Å². The lowest BCUT2D eigenvalue weighted by Gasteiger charge is -2.32. The van der Waals surface area contributed by atoms with E-state index in [1.165, 1.54) is 24.1 Å². The van der Waals surface area contributed by atoms with Gasteiger partial charge in [0.1, 0.15) is 0 Å². The van der Waals surface area contributed by atoms with Gasteiger partial charge in [0.2, 0.25) is 0 Å². The van der Waals surface area contributed by atoms with E-state index >= 15 is 0 Å². The Morgan fingerprint density at radius 3 is 2.67 bits per heavy atom. The predicted molar refractivity (Wildman–Crippen MR) is 77.6 cm³/mol. The molecule has 2 rings (SSSR count). The van der Waals surface area contributed by atoms with Crippen LogP contribution in [0.15, 0.2) is 24.3 Å². The van der Waals surface area contributed by atoms with Crippen LogP contribution in [0.25, 0.3) is 0 Å². The average molecular weight is 246 g/mol. The smallest absolute Gasteiger partial charge is 0.0394 e. The molecule has 1 aliphatic rings. The summed E-state index contributed by atoms with van der Waals surface area (Å²) < 4.78 is 0. The van der Waals surface area contributed by atoms with Crippen molar-refractivity contribution in [1.29, 1.82) is 0 Å². The minimum atomic E-state index is 0.520. The number of likely N-dealkylation sites (tertiary alicyclic amines) is 1. The van der Waals surface area contributed by atoms with Crippen molar-refractivity contribution in [2.75, 3.05) is 13.1 Å². The third-order valence-electron chi connectivity index (χ3n) is 4.28. The molecular weight excluding hydrogens is 220 g/mol. The fourth-order valence-corrected chi connectivity index (χ4v) is 3.29. The van der Waals surface area contributed by atoms with E-state index < -0.39 is 0 Å². The first kappa shape index (κ1) is 13.6. The van der Waals surface area contributed by atoms with Gasteiger partial charge in [0.05, 0.1) is 0 Å². The Hall–Kier alpha value is -0.860. The number of nitrogens with zero attached hydrogens (tertiary/aromatic N) is 1. The molecule has 2 heteroatoms. The van der Waals surface area contributed by atoms with Crippen molar-refractivity contribution in [2.24, 2.45) is 11.7 Å². The summed E-state index contributed by atoms with van der Waals surface area (Å²) in [5, 5.41) is 0. The van der Waals surface area contributed by atoms with Gasteiger partial charge in [-0.3, -0.25) is 4.90 Å². The molecule has 0 radical (unpaired) electrons. The van der Waals surface area contributed by atoms with Crippen LogP contribution in [0, 0.1) is 5.92 Å². The van der Waals surface area contributed by atoms with Crippen molar-refractivity contribution in [3.63, 3.8) is 0 Å². The highest BCUT2D eigenvalue weighted by atomic mass is 15.2. The van der Waals surface area contributed by atoms with Gasteiger partial charge < -0.3 is 5.73 Å². The molecule has 1 aliphatic heterocycles. The zero-order valence-electron chi connectivity index (χ0n) is 11.9. The topological polar surface area (TPSA) is 29.3 Å². The van der Waals surface area contributed by atoms with Crippen LogP contribution in [0.1, 0.15) is 44.4 Å². The number of nitrogens with two attached hydrogens (primary N) is 1. The van der Waals surface area contributed by atoms with E-state index in [0.29, 0.717) is 18.0 Å². The van der Waals surface area contributed by atoms with Crippen LogP contribution < -0.4 is 5.73 Å². The Bertz CT molecular complexity index is 386. The maximum absolute atomic E-state index is 5.99. The monoisotopic (exact) mass is 246 g/mol. The molecule has 18 heavy (non-hydrogen) atoms. The quantitative estimate of drug-likeness (QED) is 0.885. The average Bonchev–Trinajstić information content (AvgIpc) is 2.82. The number of aryl methyl sites for hydroxylation is 1. The highest BCUT2D eigenvalue weighted by Gasteiger charge is 2.36. The fraction of sp³-hybridized carbons (Fsp3) is 0.625. The standard InChI is InChI=1S/C16H26N2/c1-4-13-7-5-6-8-15(13)16-14(11-17)9-10-18(16)12(2)3/h5-8,12,14,16H,4,9-11,17H2,1-3H3. The number of hydrogen-bond acceptors (Lipinski definition) is 2. The second kappa shape index (κ2) is 5.85. The Kier molecular flexibility index (Phi) is 4.41. The molecule has 100 valence electrons. The van der Waals surface area contributed by atoms with Gasteiger partial charge in [0.25, 0.3) is 0 Å². The van der Waals surface area contributed by atoms with Crippen molar-refractivity contribution in [1.82, 2.24) is 4.90 Å². The second-order valence-electron chi connectivity index (χ2n) is 5.61. The van der Waals surface area contributed by atoms with Crippen LogP contribution in [0.5, 0.6) is 0 Å². The lowest BCUT2D eigenvalue weighted by atomic mass is 9.89. The molecule has 0 aliphatic carbocycles. The molecule has 0 aromatic heterocycles. The van der Waals surface area contributed by atoms with E-state index in [2.05, 4.69) is 49.9 Å². The summed E-state index contributed by atoms with van der Waals surface area (Å²) in [5.74, 6) is 0.611. The summed E-state index contributed by atoms with van der Waals surface area (Å²) in [7, 11) is 0. The zero-order valence-corrected chi connectivity index (χ0v) is 11.9. The van der Waals surface area contributed by atoms with Gasteiger partial charge in [-0.25, -0.2) is 0 Å². The molecule has 2 nitrogen and oxygen atoms in total. The Morgan fingerprint density at radius 1 is 1.33 bits per heavy atom. The first-order valence-corrected chi connectivity index (χ1v) is 7.22. The van der Waals surface area contributed by atoms with Gasteiger partial charge in [-0.2, -0.15) is 0 Å². The SMILES string of the molecule is CCc1ccccc1C1C(CN)CCN1C(C)C. The van der Waals surface area contributed by atoms with Gasteiger partial charge in [-0.05, 0) is 56.8 Å². The minimum Gasteiger partial charge on any atom is -0.330 e. The van der Waals surface area contributed by atoms with E-state index in [1.54, 1.807) is 0 Å². The molecule has 1 heterocycles. The zero-order chi connectivity index (χ0) is 13.1. The molecule has 1 aromatic carbocycles. The van der Waals surface area contributed by atoms with Crippen LogP contribution >= 0.6 is 0 Å². The molecule has 0 amide bonds. The number of hydrogen-bond donors (Lipinski definition) is 1. The summed E-state index contributed by atoms with van der Waals surface area (Å²) in [5.41, 5.74) is 8.97. The number of benzene rings is 1. The molecule has 2 unspecified atom stereocenters. The molecule has 2 N–H and O–H groups in total. The lowest BCUT2D eigenvalue weighted by molar-refractivity contribution is 0.184. The maximum atomic E-state index is 5.99. The van der Waals surface area contributed by atoms with E-state index in [9.17, 15) is 0 Å². The van der Waals surface area contributed by atoms with Crippen LogP contribution in [0.2, 0.25) is 0 Å². The summed E-state index contributed by atoms with van der Waals surface area (Å²) in [6, 6.07) is 9.99. The normalized spacial score (nSPS) is 24.9. The Labute approximate surface area is 111 Å². The van der Waals surface area contributed by atoms with Crippen LogP contribution in [-0.4, -0.2) is 24.0 Å². The first-order chi connectivity index (χ1) is 8.69. The van der Waals surface area contributed by atoms with Gasteiger partial charge in [0, 0.05) is 12.1 Å². The van der Waals surface area contributed by atoms with Crippen molar-refractivity contribution in [2.45, 2.75) is 45.7 Å². The van der Waals surface area contributed by atoms with Gasteiger partial charge in [-0.1, -0.05) is 31.2 Å². The summed E-state index contributed by atoms with van der Waals surface area (Å²) in [6.07, 6.45) is 2.34. The summed E-state index contributed by atoms with van der Waals surface area (Å²) in [6.45, 7) is 8.81. The van der Waals surface area contributed by atoms with Crippen molar-refractivity contribution in [3.05, 3.63) is 35.4 Å². The minimum absolute atomic E-state index is 0.520. The fourth-order valence-electron chi connectivity index (χ4n) is 3.29. The van der Waals surface area contributed by atoms with Gasteiger partial charge >= 0.3 is 0 Å². The van der Waals surface area contributed by atoms with Crippen molar-refractivity contribution in [3.8, 4) is 0 Å². The third-order valence-corrected chi connectivity index (χ3v) is 4.28. The molecule has 1 saturated heterocycles. The van der Waals surface area contributed by atoms with Crippen LogP contribution in [0.4, 0.5) is 0 Å². The molecule has 0 spiro atoms. The predicted octanol–water partition coefficient (Wildman–Crippen LogP) is 2.98. The van der Waals surface area contributed by atoms with Gasteiger partial charge in [-0.15, -0.1) is 0 Å². The first-order valence-electron chi connectivity index (χ1n) is 7.22. The Morgan fingerprint density at radius 2 is 2.06 bits per heavy atom. The van der Waals surface area contributed by atoms with Crippen LogP contribution in [-0.2, 0) is 6.42 Å². The van der Waals surface area contributed by atoms with E-state index in [-0.39, 0.29) is 0 Å². The number of rotatable bonds is 4. The molecule has 1 aromatic rings. The second-order valence-corrected chi connectivity index (χ2v) is 5.61. The third kappa shape index (κ3) is 2.45. The largest absolute Gasteiger partial charge is 0.330 e. The lowest BCUT2D eigenvalue weighted by Crippen LogP contribution is -2.33. The van der Waals surface area contributed by atoms with Crippen LogP contribution in [0.3, 0.4) is 0 Å². The van der Waals surface area contributed by atoms with E-state index in [1.807, 2.05) is 0 Å². The molecule has 0 bridgehead atoms. The Balaban J connectivity index is 2.37.